The van der Waals surface area contributed by atoms with Crippen LogP contribution in [-0.2, 0) is 6.18 Å². The van der Waals surface area contributed by atoms with E-state index >= 15 is 0 Å². The Balaban J connectivity index is 2.41. The Hall–Kier alpha value is -1.72. The summed E-state index contributed by atoms with van der Waals surface area (Å²) < 4.78 is 38.0. The lowest BCUT2D eigenvalue weighted by atomic mass is 9.83. The lowest BCUT2D eigenvalue weighted by Crippen LogP contribution is -2.53. The molecule has 0 saturated carbocycles. The molecule has 3 nitrogen and oxygen atoms in total. The topological polar surface area (TPSA) is 40.5 Å². The van der Waals surface area contributed by atoms with Crippen molar-refractivity contribution >= 4 is 11.7 Å². The quantitative estimate of drug-likeness (QED) is 0.899. The molecule has 1 aliphatic rings. The lowest BCUT2D eigenvalue weighted by Gasteiger charge is -2.47. The summed E-state index contributed by atoms with van der Waals surface area (Å²) in [6.07, 6.45) is -4.47. The number of benzene rings is 1. The maximum Gasteiger partial charge on any atom is 0.416 e. The maximum absolute atomic E-state index is 12.7. The molecule has 0 amide bonds. The molecule has 19 heavy (non-hydrogen) atoms. The second-order valence-corrected chi connectivity index (χ2v) is 5.56. The minimum Gasteiger partial charge on any atom is -0.478 e. The summed E-state index contributed by atoms with van der Waals surface area (Å²) in [6, 6.07) is 2.74. The summed E-state index contributed by atoms with van der Waals surface area (Å²) >= 11 is 0. The number of alkyl halides is 3. The summed E-state index contributed by atoms with van der Waals surface area (Å²) in [5, 5.41) is 9.05. The average molecular weight is 273 g/mol. The average Bonchev–Trinajstić information content (AvgIpc) is 2.23. The van der Waals surface area contributed by atoms with Crippen LogP contribution in [0.4, 0.5) is 18.9 Å². The van der Waals surface area contributed by atoms with Crippen LogP contribution in [0.5, 0.6) is 0 Å². The van der Waals surface area contributed by atoms with Crippen molar-refractivity contribution in [2.24, 2.45) is 5.41 Å². The first-order valence-electron chi connectivity index (χ1n) is 5.80. The zero-order chi connectivity index (χ0) is 14.4. The zero-order valence-corrected chi connectivity index (χ0v) is 10.6. The van der Waals surface area contributed by atoms with E-state index < -0.39 is 17.7 Å². The molecule has 0 atom stereocenters. The molecule has 1 fully saturated rings. The molecule has 1 saturated heterocycles. The van der Waals surface area contributed by atoms with Gasteiger partial charge in [0, 0.05) is 13.1 Å². The van der Waals surface area contributed by atoms with Crippen molar-refractivity contribution in [3.05, 3.63) is 29.3 Å². The van der Waals surface area contributed by atoms with Crippen molar-refractivity contribution in [3.8, 4) is 0 Å². The Kier molecular flexibility index (Phi) is 2.99. The van der Waals surface area contributed by atoms with Crippen molar-refractivity contribution in [3.63, 3.8) is 0 Å². The smallest absolute Gasteiger partial charge is 0.416 e. The molecule has 1 aromatic carbocycles. The summed E-state index contributed by atoms with van der Waals surface area (Å²) in [6.45, 7) is 5.07. The number of anilines is 1. The first-order valence-corrected chi connectivity index (χ1v) is 5.80. The number of rotatable bonds is 2. The third kappa shape index (κ3) is 2.67. The molecule has 0 bridgehead atoms. The summed E-state index contributed by atoms with van der Waals surface area (Å²) in [4.78, 5) is 12.7. The van der Waals surface area contributed by atoms with Gasteiger partial charge in [-0.1, -0.05) is 13.8 Å². The van der Waals surface area contributed by atoms with Crippen LogP contribution in [0.1, 0.15) is 29.8 Å². The third-order valence-corrected chi connectivity index (χ3v) is 3.13. The van der Waals surface area contributed by atoms with E-state index in [1.807, 2.05) is 13.8 Å². The van der Waals surface area contributed by atoms with E-state index in [2.05, 4.69) is 0 Å². The van der Waals surface area contributed by atoms with E-state index in [1.54, 1.807) is 4.90 Å². The second kappa shape index (κ2) is 4.15. The van der Waals surface area contributed by atoms with Crippen molar-refractivity contribution in [2.75, 3.05) is 18.0 Å². The fourth-order valence-electron chi connectivity index (χ4n) is 2.31. The van der Waals surface area contributed by atoms with E-state index in [1.165, 1.54) is 0 Å². The molecule has 6 heteroatoms. The number of hydrogen-bond donors (Lipinski definition) is 1. The van der Waals surface area contributed by atoms with E-state index in [9.17, 15) is 18.0 Å². The maximum atomic E-state index is 12.7. The molecule has 0 radical (unpaired) electrons. The molecule has 2 rings (SSSR count). The molecular weight excluding hydrogens is 259 g/mol. The first-order chi connectivity index (χ1) is 8.60. The highest BCUT2D eigenvalue weighted by molar-refractivity contribution is 5.95. The van der Waals surface area contributed by atoms with Gasteiger partial charge in [-0.3, -0.25) is 0 Å². The first kappa shape index (κ1) is 13.7. The Morgan fingerprint density at radius 2 is 1.89 bits per heavy atom. The molecule has 0 aromatic heterocycles. The van der Waals surface area contributed by atoms with Crippen LogP contribution in [0.25, 0.3) is 0 Å². The van der Waals surface area contributed by atoms with E-state index in [0.717, 1.165) is 18.2 Å². The fourth-order valence-corrected chi connectivity index (χ4v) is 2.31. The van der Waals surface area contributed by atoms with Gasteiger partial charge in [0.05, 0.1) is 16.8 Å². The molecule has 1 aromatic rings. The second-order valence-electron chi connectivity index (χ2n) is 5.56. The summed E-state index contributed by atoms with van der Waals surface area (Å²) in [5.74, 6) is -1.21. The van der Waals surface area contributed by atoms with Crippen LogP contribution >= 0.6 is 0 Å². The summed E-state index contributed by atoms with van der Waals surface area (Å²) in [7, 11) is 0. The minimum absolute atomic E-state index is 0.00398. The molecule has 104 valence electrons. The van der Waals surface area contributed by atoms with E-state index in [0.29, 0.717) is 13.1 Å². The van der Waals surface area contributed by atoms with Crippen LogP contribution in [0.3, 0.4) is 0 Å². The van der Waals surface area contributed by atoms with Crippen LogP contribution in [-0.4, -0.2) is 24.2 Å². The van der Waals surface area contributed by atoms with Gasteiger partial charge in [-0.25, -0.2) is 4.79 Å². The number of nitrogens with zero attached hydrogens (tertiary/aromatic N) is 1. The predicted molar refractivity (Wildman–Crippen MR) is 64.4 cm³/mol. The van der Waals surface area contributed by atoms with Crippen LogP contribution in [0, 0.1) is 5.41 Å². The number of carbonyl (C=O) groups is 1. The minimum atomic E-state index is -4.47. The van der Waals surface area contributed by atoms with E-state index in [4.69, 9.17) is 5.11 Å². The molecule has 1 N–H and O–H groups in total. The van der Waals surface area contributed by atoms with Gasteiger partial charge >= 0.3 is 12.1 Å². The molecular formula is C13H14F3NO2. The molecule has 0 spiro atoms. The normalized spacial score (nSPS) is 18.1. The van der Waals surface area contributed by atoms with Crippen molar-refractivity contribution in [1.82, 2.24) is 0 Å². The Bertz CT molecular complexity index is 515. The van der Waals surface area contributed by atoms with Crippen molar-refractivity contribution in [2.45, 2.75) is 20.0 Å². The lowest BCUT2D eigenvalue weighted by molar-refractivity contribution is -0.137. The molecule has 0 unspecified atom stereocenters. The van der Waals surface area contributed by atoms with Gasteiger partial charge < -0.3 is 10.0 Å². The summed E-state index contributed by atoms with van der Waals surface area (Å²) in [5.41, 5.74) is -0.772. The SMILES string of the molecule is CC1(C)CN(c2cc(C(F)(F)F)ccc2C(=O)O)C1. The standard InChI is InChI=1S/C13H14F3NO2/c1-12(2)6-17(7-12)10-5-8(13(14,15)16)3-4-9(10)11(18)19/h3-5H,6-7H2,1-2H3,(H,18,19). The van der Waals surface area contributed by atoms with Crippen LogP contribution in [0.2, 0.25) is 0 Å². The zero-order valence-electron chi connectivity index (χ0n) is 10.6. The van der Waals surface area contributed by atoms with Gasteiger partial charge in [-0.15, -0.1) is 0 Å². The van der Waals surface area contributed by atoms with Gasteiger partial charge in [0.25, 0.3) is 0 Å². The fraction of sp³-hybridized carbons (Fsp3) is 0.462. The number of hydrogen-bond acceptors (Lipinski definition) is 2. The Morgan fingerprint density at radius 3 is 2.32 bits per heavy atom. The predicted octanol–water partition coefficient (Wildman–Crippen LogP) is 3.25. The largest absolute Gasteiger partial charge is 0.478 e. The van der Waals surface area contributed by atoms with Crippen LogP contribution in [0.15, 0.2) is 18.2 Å². The van der Waals surface area contributed by atoms with Crippen LogP contribution < -0.4 is 4.90 Å². The number of carboxylic acids is 1. The number of halogens is 3. The van der Waals surface area contributed by atoms with E-state index in [-0.39, 0.29) is 16.7 Å². The molecule has 1 heterocycles. The Morgan fingerprint density at radius 1 is 1.32 bits per heavy atom. The number of carboxylic acid groups (broad SMARTS) is 1. The molecule has 1 aliphatic heterocycles. The highest BCUT2D eigenvalue weighted by Crippen LogP contribution is 2.38. The van der Waals surface area contributed by atoms with Crippen molar-refractivity contribution < 1.29 is 23.1 Å². The van der Waals surface area contributed by atoms with Gasteiger partial charge in [-0.2, -0.15) is 13.2 Å². The molecule has 0 aliphatic carbocycles. The van der Waals surface area contributed by atoms with Gasteiger partial charge in [0.2, 0.25) is 0 Å². The number of aromatic carboxylic acids is 1. The highest BCUT2D eigenvalue weighted by atomic mass is 19.4. The monoisotopic (exact) mass is 273 g/mol. The van der Waals surface area contributed by atoms with Gasteiger partial charge in [-0.05, 0) is 23.6 Å². The Labute approximate surface area is 108 Å². The van der Waals surface area contributed by atoms with Gasteiger partial charge in [0.1, 0.15) is 0 Å². The third-order valence-electron chi connectivity index (χ3n) is 3.13. The van der Waals surface area contributed by atoms with Crippen molar-refractivity contribution in [1.29, 1.82) is 0 Å². The van der Waals surface area contributed by atoms with Gasteiger partial charge in [0.15, 0.2) is 0 Å². The highest BCUT2D eigenvalue weighted by Gasteiger charge is 2.38.